The molecule has 0 aliphatic heterocycles. The molecular formula is C22H17N3O2S. The number of carbonyl (C=O) groups excluding carboxylic acids is 2. The number of imidazole rings is 1. The fourth-order valence-electron chi connectivity index (χ4n) is 2.85. The first-order valence-corrected chi connectivity index (χ1v) is 9.75. The summed E-state index contributed by atoms with van der Waals surface area (Å²) < 4.78 is 0. The molecule has 1 heterocycles. The van der Waals surface area contributed by atoms with Gasteiger partial charge in [-0.1, -0.05) is 66.4 Å². The van der Waals surface area contributed by atoms with Gasteiger partial charge in [0.25, 0.3) is 0 Å². The summed E-state index contributed by atoms with van der Waals surface area (Å²) in [5.74, 6) is -0.131. The van der Waals surface area contributed by atoms with Gasteiger partial charge in [-0.05, 0) is 24.3 Å². The molecule has 0 radical (unpaired) electrons. The lowest BCUT2D eigenvalue weighted by Crippen LogP contribution is -2.17. The molecule has 4 aromatic rings. The average Bonchev–Trinajstić information content (AvgIpc) is 3.16. The number of carbonyl (C=O) groups is 2. The monoisotopic (exact) mass is 387 g/mol. The lowest BCUT2D eigenvalue weighted by atomic mass is 10.0. The van der Waals surface area contributed by atoms with Crippen molar-refractivity contribution in [2.45, 2.75) is 5.16 Å². The third kappa shape index (κ3) is 3.97. The fourth-order valence-corrected chi connectivity index (χ4v) is 3.54. The molecule has 0 saturated heterocycles. The van der Waals surface area contributed by atoms with E-state index >= 15 is 0 Å². The number of hydrogen-bond donors (Lipinski definition) is 2. The SMILES string of the molecule is O=C(CSc1nc2ccccc2[nH]1)Nc1ccccc1C(=O)c1ccccc1. The molecule has 0 spiro atoms. The molecule has 0 aliphatic carbocycles. The predicted molar refractivity (Wildman–Crippen MR) is 112 cm³/mol. The van der Waals surface area contributed by atoms with Crippen LogP contribution in [0.1, 0.15) is 15.9 Å². The smallest absolute Gasteiger partial charge is 0.234 e. The average molecular weight is 387 g/mol. The summed E-state index contributed by atoms with van der Waals surface area (Å²) in [6.07, 6.45) is 0. The number of nitrogens with one attached hydrogen (secondary N) is 2. The van der Waals surface area contributed by atoms with E-state index in [1.165, 1.54) is 11.8 Å². The van der Waals surface area contributed by atoms with Crippen molar-refractivity contribution in [2.24, 2.45) is 0 Å². The van der Waals surface area contributed by atoms with Crippen LogP contribution >= 0.6 is 11.8 Å². The van der Waals surface area contributed by atoms with Gasteiger partial charge in [-0.3, -0.25) is 9.59 Å². The van der Waals surface area contributed by atoms with Crippen molar-refractivity contribution < 1.29 is 9.59 Å². The number of H-pyrrole nitrogens is 1. The lowest BCUT2D eigenvalue weighted by Gasteiger charge is -2.10. The van der Waals surface area contributed by atoms with Gasteiger partial charge in [0.05, 0.1) is 22.5 Å². The molecule has 138 valence electrons. The van der Waals surface area contributed by atoms with Crippen LogP contribution in [0.25, 0.3) is 11.0 Å². The summed E-state index contributed by atoms with van der Waals surface area (Å²) in [4.78, 5) is 32.8. The van der Waals surface area contributed by atoms with Crippen molar-refractivity contribution in [1.82, 2.24) is 9.97 Å². The Balaban J connectivity index is 1.45. The zero-order valence-electron chi connectivity index (χ0n) is 14.9. The Morgan fingerprint density at radius 1 is 0.893 bits per heavy atom. The highest BCUT2D eigenvalue weighted by molar-refractivity contribution is 7.99. The van der Waals surface area contributed by atoms with Gasteiger partial charge in [0.2, 0.25) is 5.91 Å². The Kier molecular flexibility index (Phi) is 5.21. The highest BCUT2D eigenvalue weighted by Crippen LogP contribution is 2.22. The molecule has 0 aliphatic rings. The number of para-hydroxylation sites is 3. The quantitative estimate of drug-likeness (QED) is 0.377. The fraction of sp³-hybridized carbons (Fsp3) is 0.0455. The number of benzene rings is 3. The lowest BCUT2D eigenvalue weighted by molar-refractivity contribution is -0.113. The summed E-state index contributed by atoms with van der Waals surface area (Å²) in [7, 11) is 0. The van der Waals surface area contributed by atoms with Gasteiger partial charge in [0, 0.05) is 11.1 Å². The zero-order chi connectivity index (χ0) is 19.3. The minimum Gasteiger partial charge on any atom is -0.333 e. The molecule has 28 heavy (non-hydrogen) atoms. The summed E-state index contributed by atoms with van der Waals surface area (Å²) in [6, 6.07) is 23.8. The highest BCUT2D eigenvalue weighted by Gasteiger charge is 2.15. The van der Waals surface area contributed by atoms with Crippen LogP contribution in [0.3, 0.4) is 0 Å². The van der Waals surface area contributed by atoms with Crippen LogP contribution in [0.15, 0.2) is 84.0 Å². The second-order valence-electron chi connectivity index (χ2n) is 6.14. The van der Waals surface area contributed by atoms with E-state index < -0.39 is 0 Å². The van der Waals surface area contributed by atoms with Gasteiger partial charge >= 0.3 is 0 Å². The van der Waals surface area contributed by atoms with Crippen LogP contribution in [-0.4, -0.2) is 27.4 Å². The summed E-state index contributed by atoms with van der Waals surface area (Å²) in [5, 5.41) is 3.53. The van der Waals surface area contributed by atoms with Crippen LogP contribution in [0.4, 0.5) is 5.69 Å². The maximum absolute atomic E-state index is 12.8. The molecule has 0 bridgehead atoms. The van der Waals surface area contributed by atoms with Gasteiger partial charge in [0.1, 0.15) is 0 Å². The van der Waals surface area contributed by atoms with Crippen molar-refractivity contribution in [1.29, 1.82) is 0 Å². The maximum atomic E-state index is 12.8. The topological polar surface area (TPSA) is 74.8 Å². The third-order valence-corrected chi connectivity index (χ3v) is 5.06. The maximum Gasteiger partial charge on any atom is 0.234 e. The van der Waals surface area contributed by atoms with Gasteiger partial charge in [-0.15, -0.1) is 0 Å². The van der Waals surface area contributed by atoms with Crippen molar-refractivity contribution in [3.63, 3.8) is 0 Å². The Bertz CT molecular complexity index is 1110. The minimum atomic E-state index is -0.196. The molecule has 0 saturated carbocycles. The molecule has 6 heteroatoms. The molecular weight excluding hydrogens is 370 g/mol. The molecule has 1 aromatic heterocycles. The second kappa shape index (κ2) is 8.10. The van der Waals surface area contributed by atoms with Crippen molar-refractivity contribution in [3.8, 4) is 0 Å². The van der Waals surface area contributed by atoms with Crippen LogP contribution < -0.4 is 5.32 Å². The van der Waals surface area contributed by atoms with E-state index in [1.807, 2.05) is 42.5 Å². The number of nitrogens with zero attached hydrogens (tertiary/aromatic N) is 1. The van der Waals surface area contributed by atoms with E-state index in [0.29, 0.717) is 22.0 Å². The first-order valence-electron chi connectivity index (χ1n) is 8.77. The summed E-state index contributed by atoms with van der Waals surface area (Å²) in [6.45, 7) is 0. The molecule has 5 nitrogen and oxygen atoms in total. The molecule has 0 unspecified atom stereocenters. The number of fused-ring (bicyclic) bond motifs is 1. The summed E-state index contributed by atoms with van der Waals surface area (Å²) in [5.41, 5.74) is 3.36. The number of hydrogen-bond acceptors (Lipinski definition) is 4. The number of aromatic amines is 1. The van der Waals surface area contributed by atoms with E-state index in [0.717, 1.165) is 11.0 Å². The first kappa shape index (κ1) is 18.0. The van der Waals surface area contributed by atoms with Crippen LogP contribution in [0, 0.1) is 0 Å². The van der Waals surface area contributed by atoms with Crippen LogP contribution in [0.2, 0.25) is 0 Å². The predicted octanol–water partition coefficient (Wildman–Crippen LogP) is 4.52. The molecule has 1 amide bonds. The van der Waals surface area contributed by atoms with Crippen molar-refractivity contribution in [3.05, 3.63) is 90.0 Å². The zero-order valence-corrected chi connectivity index (χ0v) is 15.7. The number of ketones is 1. The van der Waals surface area contributed by atoms with Gasteiger partial charge in [0.15, 0.2) is 10.9 Å². The van der Waals surface area contributed by atoms with Gasteiger partial charge in [-0.2, -0.15) is 0 Å². The van der Waals surface area contributed by atoms with E-state index in [9.17, 15) is 9.59 Å². The van der Waals surface area contributed by atoms with Crippen molar-refractivity contribution in [2.75, 3.05) is 11.1 Å². The highest BCUT2D eigenvalue weighted by atomic mass is 32.2. The Labute approximate surface area is 166 Å². The summed E-state index contributed by atoms with van der Waals surface area (Å²) >= 11 is 1.32. The molecule has 0 atom stereocenters. The van der Waals surface area contributed by atoms with Crippen molar-refractivity contribution >= 4 is 40.2 Å². The van der Waals surface area contributed by atoms with Crippen LogP contribution in [0.5, 0.6) is 0 Å². The Hall–Kier alpha value is -3.38. The van der Waals surface area contributed by atoms with E-state index in [1.54, 1.807) is 36.4 Å². The van der Waals surface area contributed by atoms with Gasteiger partial charge < -0.3 is 10.3 Å². The third-order valence-electron chi connectivity index (χ3n) is 4.19. The first-order chi connectivity index (χ1) is 13.7. The largest absolute Gasteiger partial charge is 0.333 e. The molecule has 4 rings (SSSR count). The molecule has 2 N–H and O–H groups in total. The minimum absolute atomic E-state index is 0.124. The number of amides is 1. The van der Waals surface area contributed by atoms with Crippen LogP contribution in [-0.2, 0) is 4.79 Å². The number of thioether (sulfide) groups is 1. The normalized spacial score (nSPS) is 10.7. The number of aromatic nitrogens is 2. The van der Waals surface area contributed by atoms with Gasteiger partial charge in [-0.25, -0.2) is 4.98 Å². The van der Waals surface area contributed by atoms with E-state index in [2.05, 4.69) is 15.3 Å². The molecule has 0 fully saturated rings. The second-order valence-corrected chi connectivity index (χ2v) is 7.10. The number of anilines is 1. The van der Waals surface area contributed by atoms with E-state index in [-0.39, 0.29) is 17.4 Å². The molecule has 3 aromatic carbocycles. The number of rotatable bonds is 6. The standard InChI is InChI=1S/C22H17N3O2S/c26-20(14-28-22-24-18-12-6-7-13-19(18)25-22)23-17-11-5-4-10-16(17)21(27)15-8-2-1-3-9-15/h1-13H,14H2,(H,23,26)(H,24,25). The Morgan fingerprint density at radius 3 is 2.43 bits per heavy atom. The van der Waals surface area contributed by atoms with E-state index in [4.69, 9.17) is 0 Å². The Morgan fingerprint density at radius 2 is 1.61 bits per heavy atom.